The fraction of sp³-hybridized carbons (Fsp3) is 0.476. The number of hydrogen-bond acceptors (Lipinski definition) is 5. The average molecular weight is 529 g/mol. The number of rotatable bonds is 7. The van der Waals surface area contributed by atoms with Crippen molar-refractivity contribution in [3.05, 3.63) is 46.7 Å². The normalized spacial score (nSPS) is 17.8. The van der Waals surface area contributed by atoms with Crippen molar-refractivity contribution in [1.29, 1.82) is 0 Å². The Kier molecular flexibility index (Phi) is 9.51. The van der Waals surface area contributed by atoms with E-state index in [4.69, 9.17) is 4.74 Å². The monoisotopic (exact) mass is 529 g/mol. The molecule has 2 unspecified atom stereocenters. The van der Waals surface area contributed by atoms with Crippen LogP contribution in [0.25, 0.3) is 0 Å². The van der Waals surface area contributed by atoms with Gasteiger partial charge in [-0.3, -0.25) is 4.99 Å². The zero-order valence-corrected chi connectivity index (χ0v) is 20.7. The Bertz CT molecular complexity index is 768. The van der Waals surface area contributed by atoms with E-state index in [9.17, 15) is 0 Å². The predicted octanol–water partition coefficient (Wildman–Crippen LogP) is 3.42. The average Bonchev–Trinajstić information content (AvgIpc) is 3.39. The summed E-state index contributed by atoms with van der Waals surface area (Å²) in [6.07, 6.45) is 1.07. The molecule has 0 spiro atoms. The smallest absolute Gasteiger partial charge is 0.191 e. The molecule has 2 heterocycles. The second-order valence-electron chi connectivity index (χ2n) is 7.20. The largest absolute Gasteiger partial charge is 0.495 e. The van der Waals surface area contributed by atoms with Crippen LogP contribution in [0.1, 0.15) is 17.3 Å². The molecule has 0 radical (unpaired) electrons. The van der Waals surface area contributed by atoms with Crippen LogP contribution in [-0.2, 0) is 0 Å². The Morgan fingerprint density at radius 3 is 2.76 bits per heavy atom. The number of halogens is 1. The van der Waals surface area contributed by atoms with Gasteiger partial charge in [0.15, 0.2) is 5.96 Å². The fourth-order valence-electron chi connectivity index (χ4n) is 3.59. The molecule has 1 saturated heterocycles. The molecule has 8 heteroatoms. The Morgan fingerprint density at radius 1 is 1.31 bits per heavy atom. The van der Waals surface area contributed by atoms with Gasteiger partial charge in [0.1, 0.15) is 5.75 Å². The number of likely N-dealkylation sites (N-methyl/N-ethyl adjacent to an activating group) is 1. The molecule has 1 fully saturated rings. The van der Waals surface area contributed by atoms with Crippen molar-refractivity contribution < 1.29 is 4.74 Å². The Morgan fingerprint density at radius 2 is 2.10 bits per heavy atom. The summed E-state index contributed by atoms with van der Waals surface area (Å²) < 4.78 is 5.52. The van der Waals surface area contributed by atoms with E-state index in [-0.39, 0.29) is 24.0 Å². The number of benzene rings is 1. The van der Waals surface area contributed by atoms with E-state index in [2.05, 4.69) is 69.2 Å². The molecule has 1 aromatic carbocycles. The second kappa shape index (κ2) is 11.6. The minimum absolute atomic E-state index is 0. The maximum Gasteiger partial charge on any atom is 0.191 e. The van der Waals surface area contributed by atoms with Crippen LogP contribution in [0, 0.1) is 0 Å². The van der Waals surface area contributed by atoms with Crippen molar-refractivity contribution in [1.82, 2.24) is 15.5 Å². The molecule has 0 amide bonds. The third kappa shape index (κ3) is 6.23. The van der Waals surface area contributed by atoms with Crippen LogP contribution in [0.2, 0.25) is 0 Å². The van der Waals surface area contributed by atoms with Gasteiger partial charge in [-0.15, -0.1) is 35.3 Å². The van der Waals surface area contributed by atoms with E-state index in [1.807, 2.05) is 19.2 Å². The molecule has 1 aliphatic rings. The van der Waals surface area contributed by atoms with Crippen molar-refractivity contribution in [2.45, 2.75) is 18.5 Å². The highest BCUT2D eigenvalue weighted by Gasteiger charge is 2.25. The van der Waals surface area contributed by atoms with Crippen LogP contribution in [0.3, 0.4) is 0 Å². The summed E-state index contributed by atoms with van der Waals surface area (Å²) in [5.41, 5.74) is 1.16. The summed E-state index contributed by atoms with van der Waals surface area (Å²) in [7, 11) is 7.79. The number of methoxy groups -OCH3 is 1. The lowest BCUT2D eigenvalue weighted by Crippen LogP contribution is -2.46. The zero-order chi connectivity index (χ0) is 19.9. The van der Waals surface area contributed by atoms with E-state index in [1.165, 1.54) is 4.88 Å². The summed E-state index contributed by atoms with van der Waals surface area (Å²) in [5.74, 6) is 1.78. The molecule has 0 bridgehead atoms. The van der Waals surface area contributed by atoms with E-state index in [0.717, 1.165) is 43.5 Å². The van der Waals surface area contributed by atoms with Gasteiger partial charge in [-0.2, -0.15) is 0 Å². The topological polar surface area (TPSA) is 52.1 Å². The summed E-state index contributed by atoms with van der Waals surface area (Å²) in [6.45, 7) is 2.75. The first kappa shape index (κ1) is 23.8. The van der Waals surface area contributed by atoms with Gasteiger partial charge >= 0.3 is 0 Å². The minimum atomic E-state index is 0. The maximum absolute atomic E-state index is 5.52. The third-order valence-electron chi connectivity index (χ3n) is 5.14. The van der Waals surface area contributed by atoms with Crippen molar-refractivity contribution in [3.8, 4) is 5.75 Å². The fourth-order valence-corrected chi connectivity index (χ4v) is 4.51. The third-order valence-corrected chi connectivity index (χ3v) is 6.11. The van der Waals surface area contributed by atoms with Crippen molar-refractivity contribution in [2.24, 2.45) is 4.99 Å². The van der Waals surface area contributed by atoms with Crippen molar-refractivity contribution >= 4 is 47.0 Å². The number of aliphatic imine (C=N–C) groups is 1. The van der Waals surface area contributed by atoms with Crippen LogP contribution in [0.5, 0.6) is 5.75 Å². The summed E-state index contributed by atoms with van der Waals surface area (Å²) in [4.78, 5) is 10.4. The highest BCUT2D eigenvalue weighted by atomic mass is 127. The molecule has 2 atom stereocenters. The van der Waals surface area contributed by atoms with Gasteiger partial charge in [-0.05, 0) is 44.1 Å². The number of nitrogens with zero attached hydrogens (tertiary/aromatic N) is 3. The van der Waals surface area contributed by atoms with Crippen LogP contribution >= 0.6 is 35.3 Å². The van der Waals surface area contributed by atoms with Crippen LogP contribution in [0.4, 0.5) is 5.69 Å². The Balaban J connectivity index is 0.00000300. The minimum Gasteiger partial charge on any atom is -0.495 e. The van der Waals surface area contributed by atoms with E-state index >= 15 is 0 Å². The maximum atomic E-state index is 5.52. The molecule has 6 nitrogen and oxygen atoms in total. The van der Waals surface area contributed by atoms with Gasteiger partial charge in [-0.1, -0.05) is 18.2 Å². The number of para-hydroxylation sites is 2. The van der Waals surface area contributed by atoms with E-state index in [1.54, 1.807) is 18.4 Å². The summed E-state index contributed by atoms with van der Waals surface area (Å²) in [5, 5.41) is 9.22. The number of nitrogens with one attached hydrogen (secondary N) is 2. The molecule has 29 heavy (non-hydrogen) atoms. The Hall–Kier alpha value is -1.52. The molecule has 0 aliphatic carbocycles. The van der Waals surface area contributed by atoms with E-state index in [0.29, 0.717) is 12.1 Å². The molecule has 1 aliphatic heterocycles. The van der Waals surface area contributed by atoms with Gasteiger partial charge < -0.3 is 25.2 Å². The van der Waals surface area contributed by atoms with Gasteiger partial charge in [-0.25, -0.2) is 0 Å². The van der Waals surface area contributed by atoms with Crippen LogP contribution in [-0.4, -0.2) is 64.8 Å². The molecule has 3 rings (SSSR count). The molecular weight excluding hydrogens is 497 g/mol. The summed E-state index contributed by atoms with van der Waals surface area (Å²) in [6, 6.07) is 13.2. The number of thiophene rings is 1. The lowest BCUT2D eigenvalue weighted by atomic mass is 10.2. The standard InChI is InChI=1S/C21H31N5OS.HI/c1-22-21(23-14-18(25(2)3)20-10-7-13-28-20)24-16-11-12-26(15-16)17-8-5-6-9-19(17)27-4;/h5-10,13,16,18H,11-12,14-15H2,1-4H3,(H2,22,23,24);1H. The number of ether oxygens (including phenoxy) is 1. The molecule has 160 valence electrons. The lowest BCUT2D eigenvalue weighted by molar-refractivity contribution is 0.302. The molecular formula is C21H32IN5OS. The predicted molar refractivity (Wildman–Crippen MR) is 134 cm³/mol. The highest BCUT2D eigenvalue weighted by molar-refractivity contribution is 14.0. The SMILES string of the molecule is CN=C(NCC(c1cccs1)N(C)C)NC1CCN(c2ccccc2OC)C1.I. The van der Waals surface area contributed by atoms with Gasteiger partial charge in [0.2, 0.25) is 0 Å². The van der Waals surface area contributed by atoms with Crippen molar-refractivity contribution in [3.63, 3.8) is 0 Å². The number of hydrogen-bond donors (Lipinski definition) is 2. The highest BCUT2D eigenvalue weighted by Crippen LogP contribution is 2.30. The Labute approximate surface area is 195 Å². The first-order valence-electron chi connectivity index (χ1n) is 9.67. The molecule has 2 N–H and O–H groups in total. The molecule has 2 aromatic rings. The van der Waals surface area contributed by atoms with Crippen molar-refractivity contribution in [2.75, 3.05) is 52.8 Å². The van der Waals surface area contributed by atoms with Gasteiger partial charge in [0, 0.05) is 37.6 Å². The quantitative estimate of drug-likeness (QED) is 0.327. The lowest BCUT2D eigenvalue weighted by Gasteiger charge is -2.26. The van der Waals surface area contributed by atoms with E-state index < -0.39 is 0 Å². The first-order chi connectivity index (χ1) is 13.6. The number of anilines is 1. The molecule has 1 aromatic heterocycles. The van der Waals surface area contributed by atoms with Gasteiger partial charge in [0.25, 0.3) is 0 Å². The second-order valence-corrected chi connectivity index (χ2v) is 8.18. The van der Waals surface area contributed by atoms with Gasteiger partial charge in [0.05, 0.1) is 18.8 Å². The van der Waals surface area contributed by atoms with Crippen LogP contribution in [0.15, 0.2) is 46.8 Å². The number of guanidine groups is 1. The van der Waals surface area contributed by atoms with Crippen LogP contribution < -0.4 is 20.3 Å². The zero-order valence-electron chi connectivity index (χ0n) is 17.6. The summed E-state index contributed by atoms with van der Waals surface area (Å²) >= 11 is 1.79. The first-order valence-corrected chi connectivity index (χ1v) is 10.5. The molecule has 0 saturated carbocycles.